The third-order valence-corrected chi connectivity index (χ3v) is 9.95. The van der Waals surface area contributed by atoms with Crippen LogP contribution in [0.5, 0.6) is 0 Å². The summed E-state index contributed by atoms with van der Waals surface area (Å²) in [6.45, 7) is 8.92. The lowest BCUT2D eigenvalue weighted by Gasteiger charge is -2.31. The number of nitrogens with one attached hydrogen (secondary N) is 2. The van der Waals surface area contributed by atoms with Crippen LogP contribution in [0, 0.1) is 0 Å². The number of halogens is 1. The molecule has 16 heteroatoms. The maximum atomic E-state index is 13.4. The maximum Gasteiger partial charge on any atom is 0.360 e. The molecule has 0 fully saturated rings. The molecule has 1 aromatic heterocycles. The molecular formula is C24H38ClN5O8P2. The monoisotopic (exact) mass is 621 g/mol. The van der Waals surface area contributed by atoms with Crippen molar-refractivity contribution in [2.75, 3.05) is 31.1 Å². The van der Waals surface area contributed by atoms with Crippen molar-refractivity contribution in [3.05, 3.63) is 35.5 Å². The smallest absolute Gasteiger partial charge is 0.338 e. The van der Waals surface area contributed by atoms with Crippen molar-refractivity contribution >= 4 is 55.3 Å². The van der Waals surface area contributed by atoms with Crippen LogP contribution in [0.25, 0.3) is 10.9 Å². The number of pyridine rings is 1. The Bertz CT molecular complexity index is 1230. The van der Waals surface area contributed by atoms with Gasteiger partial charge in [0.15, 0.2) is 0 Å². The highest BCUT2D eigenvalue weighted by molar-refractivity contribution is 7.70. The van der Waals surface area contributed by atoms with Gasteiger partial charge < -0.3 is 35.1 Å². The fraction of sp³-hybridized carbons (Fsp3) is 0.542. The molecule has 0 aliphatic carbocycles. The molecule has 0 saturated heterocycles. The van der Waals surface area contributed by atoms with Gasteiger partial charge in [-0.05, 0) is 70.1 Å². The van der Waals surface area contributed by atoms with Crippen molar-refractivity contribution in [1.82, 2.24) is 20.5 Å². The zero-order chi connectivity index (χ0) is 30.1. The van der Waals surface area contributed by atoms with Gasteiger partial charge in [0.25, 0.3) is 0 Å². The molecule has 1 unspecified atom stereocenters. The molecule has 0 radical (unpaired) electrons. The third-order valence-electron chi connectivity index (χ3n) is 6.38. The van der Waals surface area contributed by atoms with E-state index in [-0.39, 0.29) is 25.4 Å². The molecule has 2 rings (SSSR count). The molecule has 3 amide bonds. The van der Waals surface area contributed by atoms with Gasteiger partial charge in [0.05, 0.1) is 11.2 Å². The summed E-state index contributed by atoms with van der Waals surface area (Å²) in [4.78, 5) is 70.5. The molecule has 224 valence electrons. The molecule has 0 spiro atoms. The lowest BCUT2D eigenvalue weighted by molar-refractivity contribution is -0.121. The molecule has 0 bridgehead atoms. The largest absolute Gasteiger partial charge is 0.360 e. The van der Waals surface area contributed by atoms with E-state index >= 15 is 0 Å². The first kappa shape index (κ1) is 34.1. The SMILES string of the molecule is CCN(CC)CCCC(C)N(C(=O)NCCCC(=O)NC(P(=O)(O)O)P(=O)(O)O)c1ccnc2cc(Cl)ccc12. The van der Waals surface area contributed by atoms with Crippen LogP contribution < -0.4 is 15.5 Å². The van der Waals surface area contributed by atoms with E-state index in [0.29, 0.717) is 16.2 Å². The molecule has 0 aliphatic rings. The van der Waals surface area contributed by atoms with E-state index in [1.807, 2.05) is 6.92 Å². The van der Waals surface area contributed by atoms with Gasteiger partial charge >= 0.3 is 21.2 Å². The minimum Gasteiger partial charge on any atom is -0.338 e. The number of aromatic nitrogens is 1. The minimum atomic E-state index is -5.30. The second kappa shape index (κ2) is 15.2. The Morgan fingerprint density at radius 3 is 2.30 bits per heavy atom. The van der Waals surface area contributed by atoms with E-state index in [4.69, 9.17) is 31.2 Å². The Morgan fingerprint density at radius 1 is 1.05 bits per heavy atom. The van der Waals surface area contributed by atoms with Gasteiger partial charge in [0.2, 0.25) is 11.4 Å². The van der Waals surface area contributed by atoms with Crippen molar-refractivity contribution in [2.45, 2.75) is 58.0 Å². The lowest BCUT2D eigenvalue weighted by Crippen LogP contribution is -2.46. The van der Waals surface area contributed by atoms with Crippen molar-refractivity contribution in [3.8, 4) is 0 Å². The number of benzene rings is 1. The summed E-state index contributed by atoms with van der Waals surface area (Å²) in [5, 5.41) is 5.73. The van der Waals surface area contributed by atoms with Gasteiger partial charge in [-0.3, -0.25) is 23.8 Å². The Labute approximate surface area is 238 Å². The second-order valence-corrected chi connectivity index (χ2v) is 13.6. The van der Waals surface area contributed by atoms with Gasteiger partial charge in [0.1, 0.15) is 0 Å². The van der Waals surface area contributed by atoms with Crippen molar-refractivity contribution in [3.63, 3.8) is 0 Å². The van der Waals surface area contributed by atoms with E-state index in [9.17, 15) is 18.7 Å². The van der Waals surface area contributed by atoms with Crippen LogP contribution in [0.3, 0.4) is 0 Å². The molecule has 2 aromatic rings. The number of hydrogen-bond acceptors (Lipinski definition) is 6. The summed E-state index contributed by atoms with van der Waals surface area (Å²) in [6, 6.07) is 6.36. The standard InChI is InChI=1S/C24H38ClN5O8P2/c1-4-29(5-2)15-7-8-17(3)30(21-12-14-26-20-16-18(25)10-11-19(20)21)23(32)27-13-6-9-22(31)28-24(39(33,34)35)40(36,37)38/h10-12,14,16-17,24H,4-9,13,15H2,1-3H3,(H,27,32)(H,28,31)(H2,33,34,35)(H2,36,37,38). The molecule has 6 N–H and O–H groups in total. The molecular weight excluding hydrogens is 584 g/mol. The van der Waals surface area contributed by atoms with Crippen molar-refractivity contribution < 1.29 is 38.3 Å². The average molecular weight is 622 g/mol. The summed E-state index contributed by atoms with van der Waals surface area (Å²) in [5.74, 6) is -0.968. The van der Waals surface area contributed by atoms with Gasteiger partial charge in [-0.15, -0.1) is 0 Å². The second-order valence-electron chi connectivity index (χ2n) is 9.33. The van der Waals surface area contributed by atoms with Crippen LogP contribution in [0.15, 0.2) is 30.5 Å². The molecule has 1 heterocycles. The van der Waals surface area contributed by atoms with Gasteiger partial charge in [0, 0.05) is 35.6 Å². The Hall–Kier alpha value is -2.08. The van der Waals surface area contributed by atoms with Crippen molar-refractivity contribution in [1.29, 1.82) is 0 Å². The minimum absolute atomic E-state index is 0.0280. The summed E-state index contributed by atoms with van der Waals surface area (Å²) in [7, 11) is -10.6. The highest BCUT2D eigenvalue weighted by Gasteiger charge is 2.44. The predicted molar refractivity (Wildman–Crippen MR) is 154 cm³/mol. The number of hydrogen-bond donors (Lipinski definition) is 6. The summed E-state index contributed by atoms with van der Waals surface area (Å²) >= 11 is 6.14. The zero-order valence-corrected chi connectivity index (χ0v) is 25.3. The number of urea groups is 1. The molecule has 0 aliphatic heterocycles. The number of carbonyl (C=O) groups is 2. The van der Waals surface area contributed by atoms with Crippen LogP contribution >= 0.6 is 26.8 Å². The van der Waals surface area contributed by atoms with E-state index < -0.39 is 32.7 Å². The highest BCUT2D eigenvalue weighted by Crippen LogP contribution is 2.58. The van der Waals surface area contributed by atoms with E-state index in [1.54, 1.807) is 40.7 Å². The maximum absolute atomic E-state index is 13.4. The number of rotatable bonds is 15. The summed E-state index contributed by atoms with van der Waals surface area (Å²) in [5.41, 5.74) is -1.36. The van der Waals surface area contributed by atoms with Gasteiger partial charge in [-0.1, -0.05) is 25.4 Å². The third kappa shape index (κ3) is 10.1. The number of amides is 3. The topological polar surface area (TPSA) is 193 Å². The van der Waals surface area contributed by atoms with Crippen LogP contribution in [0.1, 0.15) is 46.5 Å². The molecule has 40 heavy (non-hydrogen) atoms. The molecule has 13 nitrogen and oxygen atoms in total. The zero-order valence-electron chi connectivity index (χ0n) is 22.7. The van der Waals surface area contributed by atoms with Crippen LogP contribution in [-0.4, -0.2) is 79.1 Å². The number of anilines is 1. The Morgan fingerprint density at radius 2 is 1.70 bits per heavy atom. The number of nitrogens with zero attached hydrogens (tertiary/aromatic N) is 3. The van der Waals surface area contributed by atoms with Crippen LogP contribution in [0.2, 0.25) is 5.02 Å². The Balaban J connectivity index is 2.13. The average Bonchev–Trinajstić information content (AvgIpc) is 2.86. The van der Waals surface area contributed by atoms with E-state index in [2.05, 4.69) is 29.0 Å². The first-order valence-electron chi connectivity index (χ1n) is 12.9. The highest BCUT2D eigenvalue weighted by atomic mass is 35.5. The fourth-order valence-corrected chi connectivity index (χ4v) is 6.61. The quantitative estimate of drug-likeness (QED) is 0.127. The Kier molecular flexibility index (Phi) is 13.0. The van der Waals surface area contributed by atoms with Crippen LogP contribution in [0.4, 0.5) is 10.5 Å². The molecule has 1 atom stereocenters. The normalized spacial score (nSPS) is 13.1. The molecule has 1 aromatic carbocycles. The first-order valence-corrected chi connectivity index (χ1v) is 16.7. The fourth-order valence-electron chi connectivity index (χ4n) is 4.25. The summed E-state index contributed by atoms with van der Waals surface area (Å²) in [6.07, 6.45) is 2.91. The summed E-state index contributed by atoms with van der Waals surface area (Å²) < 4.78 is 22.8. The molecule has 0 saturated carbocycles. The van der Waals surface area contributed by atoms with E-state index in [0.717, 1.165) is 37.9 Å². The lowest BCUT2D eigenvalue weighted by atomic mass is 10.1. The van der Waals surface area contributed by atoms with Crippen molar-refractivity contribution in [2.24, 2.45) is 0 Å². The van der Waals surface area contributed by atoms with Gasteiger partial charge in [-0.25, -0.2) is 4.79 Å². The van der Waals surface area contributed by atoms with E-state index in [1.165, 1.54) is 0 Å². The predicted octanol–water partition coefficient (Wildman–Crippen LogP) is 3.45. The number of carbonyl (C=O) groups excluding carboxylic acids is 2. The first-order chi connectivity index (χ1) is 18.7. The number of fused-ring (bicyclic) bond motifs is 1. The van der Waals surface area contributed by atoms with Gasteiger partial charge in [-0.2, -0.15) is 0 Å². The van der Waals surface area contributed by atoms with Crippen LogP contribution in [-0.2, 0) is 13.9 Å².